The number of ketones is 1. The van der Waals surface area contributed by atoms with Crippen molar-refractivity contribution < 1.29 is 33.3 Å². The van der Waals surface area contributed by atoms with Gasteiger partial charge in [-0.25, -0.2) is 0 Å². The Morgan fingerprint density at radius 2 is 1.60 bits per heavy atom. The van der Waals surface area contributed by atoms with E-state index in [2.05, 4.69) is 41.5 Å². The van der Waals surface area contributed by atoms with Crippen LogP contribution in [0.4, 0.5) is 0 Å². The number of rotatable bonds is 3. The van der Waals surface area contributed by atoms with Gasteiger partial charge in [-0.15, -0.1) is 0 Å². The molecule has 4 aliphatic carbocycles. The molecule has 3 aliphatic heterocycles. The van der Waals surface area contributed by atoms with Crippen molar-refractivity contribution in [1.82, 2.24) is 0 Å². The van der Waals surface area contributed by atoms with Crippen LogP contribution in [-0.4, -0.2) is 46.4 Å². The van der Waals surface area contributed by atoms with E-state index in [4.69, 9.17) is 18.9 Å². The van der Waals surface area contributed by atoms with Gasteiger partial charge >= 0.3 is 11.9 Å². The first-order chi connectivity index (χ1) is 21.1. The minimum absolute atomic E-state index is 0.0454. The molecule has 7 aliphatic rings. The van der Waals surface area contributed by atoms with E-state index in [9.17, 15) is 14.4 Å². The van der Waals surface area contributed by atoms with Gasteiger partial charge in [-0.2, -0.15) is 0 Å². The van der Waals surface area contributed by atoms with Crippen LogP contribution in [0.5, 0.6) is 0 Å². The lowest BCUT2D eigenvalue weighted by atomic mass is 9.37. The fourth-order valence-corrected chi connectivity index (χ4v) is 13.0. The van der Waals surface area contributed by atoms with Gasteiger partial charge in [0, 0.05) is 40.9 Å². The summed E-state index contributed by atoms with van der Waals surface area (Å²) < 4.78 is 27.3. The number of ether oxygens (including phenoxy) is 4. The average Bonchev–Trinajstić information content (AvgIpc) is 3.46. The first kappa shape index (κ1) is 30.1. The summed E-state index contributed by atoms with van der Waals surface area (Å²) in [5, 5.41) is 0. The van der Waals surface area contributed by atoms with Crippen LogP contribution in [-0.2, 0) is 39.8 Å². The van der Waals surface area contributed by atoms with E-state index in [0.717, 1.165) is 37.7 Å². The SMILES string of the molecule is CC1CC2(C[C@@H](C)[C@]3(CC[C@]4(C)[C@]3(C)CC[C@@]35O[C@]43C(OC(=O)Cc3ccccc3)C[C@H]3C(C)(C)C(=O)CC[C@@]35C)O2)OC1=O. The topological polar surface area (TPSA) is 91.4 Å². The molecule has 0 aromatic heterocycles. The molecule has 1 aromatic rings. The molecule has 7 heteroatoms. The predicted octanol–water partition coefficient (Wildman–Crippen LogP) is 6.74. The van der Waals surface area contributed by atoms with Crippen LogP contribution < -0.4 is 0 Å². The lowest BCUT2D eigenvalue weighted by molar-refractivity contribution is -0.266. The van der Waals surface area contributed by atoms with Crippen LogP contribution in [0, 0.1) is 39.4 Å². The van der Waals surface area contributed by atoms with Gasteiger partial charge in [0.25, 0.3) is 0 Å². The molecule has 3 heterocycles. The number of benzene rings is 1. The lowest BCUT2D eigenvalue weighted by Gasteiger charge is -2.64. The zero-order valence-electron chi connectivity index (χ0n) is 28.1. The third kappa shape index (κ3) is 3.28. The molecule has 2 spiro atoms. The Kier molecular flexibility index (Phi) is 5.89. The van der Waals surface area contributed by atoms with Crippen molar-refractivity contribution in [3.8, 4) is 0 Å². The second-order valence-corrected chi connectivity index (χ2v) is 17.4. The summed E-state index contributed by atoms with van der Waals surface area (Å²) in [6.07, 6.45) is 6.50. The van der Waals surface area contributed by atoms with Crippen LogP contribution >= 0.6 is 0 Å². The highest BCUT2D eigenvalue weighted by atomic mass is 16.7. The summed E-state index contributed by atoms with van der Waals surface area (Å²) in [7, 11) is 0. The molecule has 4 saturated carbocycles. The molecule has 45 heavy (non-hydrogen) atoms. The molecule has 3 saturated heterocycles. The third-order valence-corrected chi connectivity index (χ3v) is 15.4. The van der Waals surface area contributed by atoms with Gasteiger partial charge in [-0.05, 0) is 55.9 Å². The summed E-state index contributed by atoms with van der Waals surface area (Å²) in [6, 6.07) is 9.77. The van der Waals surface area contributed by atoms with Crippen molar-refractivity contribution in [2.24, 2.45) is 39.4 Å². The molecule has 8 rings (SSSR count). The minimum Gasteiger partial charge on any atom is -0.459 e. The maximum absolute atomic E-state index is 13.8. The third-order valence-electron chi connectivity index (χ3n) is 15.4. The molecular formula is C38H50O7. The highest BCUT2D eigenvalue weighted by Gasteiger charge is 2.95. The molecule has 7 nitrogen and oxygen atoms in total. The van der Waals surface area contributed by atoms with Crippen LogP contribution in [0.3, 0.4) is 0 Å². The molecule has 1 aromatic carbocycles. The fraction of sp³-hybridized carbons (Fsp3) is 0.763. The predicted molar refractivity (Wildman–Crippen MR) is 166 cm³/mol. The molecule has 3 unspecified atom stereocenters. The monoisotopic (exact) mass is 618 g/mol. The largest absolute Gasteiger partial charge is 0.459 e. The zero-order chi connectivity index (χ0) is 32.1. The molecule has 0 N–H and O–H groups in total. The Morgan fingerprint density at radius 1 is 0.889 bits per heavy atom. The zero-order valence-corrected chi connectivity index (χ0v) is 28.1. The summed E-state index contributed by atoms with van der Waals surface area (Å²) in [5.74, 6) is -0.893. The number of fused-ring (bicyclic) bond motifs is 3. The number of epoxide rings is 1. The van der Waals surface area contributed by atoms with Crippen molar-refractivity contribution in [2.45, 2.75) is 141 Å². The number of esters is 2. The number of carbonyl (C=O) groups is 3. The first-order valence-electron chi connectivity index (χ1n) is 17.5. The highest BCUT2D eigenvalue weighted by Crippen LogP contribution is 2.87. The summed E-state index contributed by atoms with van der Waals surface area (Å²) in [6.45, 7) is 15.6. The number of hydrogen-bond donors (Lipinski definition) is 0. The lowest BCUT2D eigenvalue weighted by Crippen LogP contribution is -2.72. The summed E-state index contributed by atoms with van der Waals surface area (Å²) in [5.41, 5.74) is -2.10. The van der Waals surface area contributed by atoms with Gasteiger partial charge in [0.15, 0.2) is 0 Å². The Bertz CT molecular complexity index is 1490. The minimum atomic E-state index is -0.861. The normalized spacial score (nSPS) is 52.2. The summed E-state index contributed by atoms with van der Waals surface area (Å²) in [4.78, 5) is 39.8. The summed E-state index contributed by atoms with van der Waals surface area (Å²) >= 11 is 0. The first-order valence-corrected chi connectivity index (χ1v) is 17.5. The Balaban J connectivity index is 1.22. The van der Waals surface area contributed by atoms with Gasteiger partial charge in [-0.1, -0.05) is 78.8 Å². The maximum Gasteiger partial charge on any atom is 0.311 e. The standard InChI is InChI=1S/C38H50O7/c1-23-21-35(43-30(23)41)22-24(2)36(44-35)17-15-34(7)33(36,6)16-18-37-32(5)14-13-27(39)31(3,4)26(32)20-28(38(34,37)45-37)42-29(40)19-25-11-9-8-10-12-25/h8-12,23-24,26,28H,13-22H2,1-7H3/t23?,24-,26+,28?,32+,33+,34-,35?,36+,37+,38-/m1/s1. The van der Waals surface area contributed by atoms with Gasteiger partial charge in [0.05, 0.1) is 17.9 Å². The van der Waals surface area contributed by atoms with Crippen LogP contribution in [0.15, 0.2) is 30.3 Å². The van der Waals surface area contributed by atoms with Crippen molar-refractivity contribution >= 4 is 17.7 Å². The second kappa shape index (κ2) is 8.80. The molecule has 11 atom stereocenters. The fourth-order valence-electron chi connectivity index (χ4n) is 13.0. The van der Waals surface area contributed by atoms with Crippen LogP contribution in [0.2, 0.25) is 0 Å². The van der Waals surface area contributed by atoms with E-state index in [0.29, 0.717) is 31.5 Å². The maximum atomic E-state index is 13.8. The Hall–Kier alpha value is -2.25. The van der Waals surface area contributed by atoms with E-state index in [1.165, 1.54) is 0 Å². The van der Waals surface area contributed by atoms with Crippen molar-refractivity contribution in [3.63, 3.8) is 0 Å². The van der Waals surface area contributed by atoms with Crippen molar-refractivity contribution in [3.05, 3.63) is 35.9 Å². The second-order valence-electron chi connectivity index (χ2n) is 17.4. The van der Waals surface area contributed by atoms with Crippen LogP contribution in [0.1, 0.15) is 112 Å². The van der Waals surface area contributed by atoms with Crippen molar-refractivity contribution in [1.29, 1.82) is 0 Å². The molecule has 244 valence electrons. The van der Waals surface area contributed by atoms with E-state index in [1.807, 2.05) is 37.3 Å². The molecule has 0 amide bonds. The van der Waals surface area contributed by atoms with E-state index < -0.39 is 34.1 Å². The van der Waals surface area contributed by atoms with Gasteiger partial charge in [-0.3, -0.25) is 14.4 Å². The van der Waals surface area contributed by atoms with Crippen molar-refractivity contribution in [2.75, 3.05) is 0 Å². The van der Waals surface area contributed by atoms with Crippen LogP contribution in [0.25, 0.3) is 0 Å². The number of carbonyl (C=O) groups excluding carboxylic acids is 3. The van der Waals surface area contributed by atoms with E-state index in [1.54, 1.807) is 0 Å². The Labute approximate surface area is 267 Å². The molecular weight excluding hydrogens is 568 g/mol. The number of hydrogen-bond acceptors (Lipinski definition) is 7. The highest BCUT2D eigenvalue weighted by molar-refractivity contribution is 5.86. The molecule has 0 bridgehead atoms. The molecule has 7 fully saturated rings. The average molecular weight is 619 g/mol. The van der Waals surface area contributed by atoms with Gasteiger partial charge < -0.3 is 18.9 Å². The van der Waals surface area contributed by atoms with Gasteiger partial charge in [0.2, 0.25) is 5.79 Å². The van der Waals surface area contributed by atoms with E-state index >= 15 is 0 Å². The van der Waals surface area contributed by atoms with Gasteiger partial charge in [0.1, 0.15) is 23.1 Å². The quantitative estimate of drug-likeness (QED) is 0.274. The Morgan fingerprint density at radius 3 is 2.29 bits per heavy atom. The van der Waals surface area contributed by atoms with E-state index in [-0.39, 0.29) is 52.4 Å². The molecule has 0 radical (unpaired) electrons. The number of Topliss-reactive ketones (excluding diaryl/α,β-unsaturated/α-hetero) is 1. The smallest absolute Gasteiger partial charge is 0.311 e.